The van der Waals surface area contributed by atoms with Gasteiger partial charge in [-0.15, -0.1) is 0 Å². The van der Waals surface area contributed by atoms with E-state index in [1.807, 2.05) is 48.8 Å². The summed E-state index contributed by atoms with van der Waals surface area (Å²) in [6.45, 7) is 4.79. The molecule has 1 aliphatic carbocycles. The molecule has 1 saturated carbocycles. The monoisotopic (exact) mass is 335 g/mol. The summed E-state index contributed by atoms with van der Waals surface area (Å²) in [5.74, 6) is 0.789. The van der Waals surface area contributed by atoms with Crippen molar-refractivity contribution < 1.29 is 4.79 Å². The zero-order valence-corrected chi connectivity index (χ0v) is 14.4. The average Bonchev–Trinajstić information content (AvgIpc) is 3.30. The maximum Gasteiger partial charge on any atom is 0.251 e. The summed E-state index contributed by atoms with van der Waals surface area (Å²) in [7, 11) is 0. The van der Waals surface area contributed by atoms with Crippen LogP contribution in [0, 0.1) is 6.92 Å². The lowest BCUT2D eigenvalue weighted by Crippen LogP contribution is -2.26. The van der Waals surface area contributed by atoms with Crippen LogP contribution in [0.15, 0.2) is 36.8 Å². The second-order valence-electron chi connectivity index (χ2n) is 6.42. The molecule has 1 fully saturated rings. The molecule has 2 N–H and O–H groups in total. The summed E-state index contributed by atoms with van der Waals surface area (Å²) in [4.78, 5) is 21.1. The Labute approximate surface area is 146 Å². The number of nitrogens with one attached hydrogen (secondary N) is 2. The highest BCUT2D eigenvalue weighted by atomic mass is 16.1. The fourth-order valence-electron chi connectivity index (χ4n) is 2.99. The predicted molar refractivity (Wildman–Crippen MR) is 97.8 cm³/mol. The zero-order chi connectivity index (χ0) is 17.4. The normalized spacial score (nSPS) is 13.8. The van der Waals surface area contributed by atoms with Gasteiger partial charge in [0.1, 0.15) is 0 Å². The first kappa shape index (κ1) is 15.6. The molecule has 0 saturated heterocycles. The van der Waals surface area contributed by atoms with Crippen molar-refractivity contribution in [3.8, 4) is 11.3 Å². The number of nitrogens with zero attached hydrogens (tertiary/aromatic N) is 3. The van der Waals surface area contributed by atoms with Crippen LogP contribution in [0.2, 0.25) is 0 Å². The fourth-order valence-corrected chi connectivity index (χ4v) is 2.99. The van der Waals surface area contributed by atoms with Gasteiger partial charge in [-0.2, -0.15) is 0 Å². The van der Waals surface area contributed by atoms with Crippen LogP contribution in [0.25, 0.3) is 16.9 Å². The van der Waals surface area contributed by atoms with Crippen LogP contribution >= 0.6 is 0 Å². The molecule has 6 heteroatoms. The molecule has 4 rings (SSSR count). The zero-order valence-electron chi connectivity index (χ0n) is 14.4. The first-order valence-electron chi connectivity index (χ1n) is 8.65. The van der Waals surface area contributed by atoms with Crippen molar-refractivity contribution in [1.29, 1.82) is 0 Å². The second-order valence-corrected chi connectivity index (χ2v) is 6.42. The lowest BCUT2D eigenvalue weighted by molar-refractivity contribution is 0.0950. The Bertz CT molecular complexity index is 942. The van der Waals surface area contributed by atoms with Crippen molar-refractivity contribution in [1.82, 2.24) is 19.7 Å². The highest BCUT2D eigenvalue weighted by Gasteiger charge is 2.24. The third-order valence-electron chi connectivity index (χ3n) is 4.45. The molecule has 0 unspecified atom stereocenters. The van der Waals surface area contributed by atoms with E-state index in [1.165, 1.54) is 0 Å². The van der Waals surface area contributed by atoms with Crippen LogP contribution in [0.5, 0.6) is 0 Å². The maximum atomic E-state index is 12.3. The van der Waals surface area contributed by atoms with Crippen LogP contribution < -0.4 is 10.6 Å². The van der Waals surface area contributed by atoms with E-state index in [0.717, 1.165) is 53.2 Å². The molecule has 3 aromatic rings. The van der Waals surface area contributed by atoms with Crippen molar-refractivity contribution in [3.63, 3.8) is 0 Å². The number of rotatable bonds is 5. The molecule has 1 aliphatic rings. The number of hydrogen-bond acceptors (Lipinski definition) is 4. The number of aryl methyl sites for hydroxylation is 1. The van der Waals surface area contributed by atoms with Gasteiger partial charge in [0.05, 0.1) is 11.9 Å². The van der Waals surface area contributed by atoms with Gasteiger partial charge in [-0.3, -0.25) is 9.20 Å². The number of carbonyl (C=O) groups is 1. The van der Waals surface area contributed by atoms with Crippen LogP contribution in [0.1, 0.15) is 35.7 Å². The molecule has 0 bridgehead atoms. The van der Waals surface area contributed by atoms with Gasteiger partial charge < -0.3 is 10.6 Å². The van der Waals surface area contributed by atoms with Crippen LogP contribution in [-0.4, -0.2) is 32.9 Å². The Morgan fingerprint density at radius 1 is 1.32 bits per heavy atom. The van der Waals surface area contributed by atoms with Gasteiger partial charge in [-0.25, -0.2) is 9.97 Å². The van der Waals surface area contributed by atoms with Crippen molar-refractivity contribution >= 4 is 17.4 Å². The summed E-state index contributed by atoms with van der Waals surface area (Å²) in [6.07, 6.45) is 7.69. The van der Waals surface area contributed by atoms with Gasteiger partial charge in [0, 0.05) is 36.1 Å². The van der Waals surface area contributed by atoms with E-state index in [9.17, 15) is 4.79 Å². The Balaban J connectivity index is 1.70. The molecule has 2 heterocycles. The third kappa shape index (κ3) is 2.95. The second kappa shape index (κ2) is 6.20. The molecule has 0 aliphatic heterocycles. The van der Waals surface area contributed by atoms with Gasteiger partial charge in [-0.05, 0) is 44.4 Å². The van der Waals surface area contributed by atoms with Crippen molar-refractivity contribution in [3.05, 3.63) is 47.9 Å². The lowest BCUT2D eigenvalue weighted by Gasteiger charge is -2.09. The standard InChI is InChI=1S/C19H21N5O/c1-3-20-17-18-22-11-16(24(18)9-8-21-17)13-4-7-15(12(2)10-13)19(25)23-14-5-6-14/h4,7-11,14H,3,5-6H2,1-2H3,(H,20,21)(H,23,25). The van der Waals surface area contributed by atoms with E-state index in [4.69, 9.17) is 0 Å². The number of hydrogen-bond donors (Lipinski definition) is 2. The molecule has 1 amide bonds. The highest BCUT2D eigenvalue weighted by molar-refractivity contribution is 5.96. The number of carbonyl (C=O) groups excluding carboxylic acids is 1. The number of aromatic nitrogens is 3. The smallest absolute Gasteiger partial charge is 0.251 e. The topological polar surface area (TPSA) is 71.3 Å². The minimum absolute atomic E-state index is 0.0170. The number of anilines is 1. The lowest BCUT2D eigenvalue weighted by atomic mass is 10.0. The molecule has 25 heavy (non-hydrogen) atoms. The number of amides is 1. The molecule has 6 nitrogen and oxygen atoms in total. The third-order valence-corrected chi connectivity index (χ3v) is 4.45. The molecule has 1 aromatic carbocycles. The summed E-state index contributed by atoms with van der Waals surface area (Å²) in [5.41, 5.74) is 4.51. The molecule has 0 spiro atoms. The van der Waals surface area contributed by atoms with Crippen molar-refractivity contribution in [2.24, 2.45) is 0 Å². The number of fused-ring (bicyclic) bond motifs is 1. The van der Waals surface area contributed by atoms with E-state index in [-0.39, 0.29) is 5.91 Å². The Hall–Kier alpha value is -2.89. The molecular weight excluding hydrogens is 314 g/mol. The molecule has 128 valence electrons. The van der Waals surface area contributed by atoms with E-state index in [1.54, 1.807) is 6.20 Å². The number of benzene rings is 1. The quantitative estimate of drug-likeness (QED) is 0.752. The summed E-state index contributed by atoms with van der Waals surface area (Å²) >= 11 is 0. The Kier molecular flexibility index (Phi) is 3.87. The molecule has 0 atom stereocenters. The summed E-state index contributed by atoms with van der Waals surface area (Å²) in [6, 6.07) is 6.28. The summed E-state index contributed by atoms with van der Waals surface area (Å²) < 4.78 is 2.02. The van der Waals surface area contributed by atoms with E-state index in [2.05, 4.69) is 20.6 Å². The van der Waals surface area contributed by atoms with Crippen LogP contribution in [0.4, 0.5) is 5.82 Å². The van der Waals surface area contributed by atoms with Crippen molar-refractivity contribution in [2.75, 3.05) is 11.9 Å². The summed E-state index contributed by atoms with van der Waals surface area (Å²) in [5, 5.41) is 6.27. The number of imidazole rings is 1. The average molecular weight is 335 g/mol. The Morgan fingerprint density at radius 3 is 2.88 bits per heavy atom. The highest BCUT2D eigenvalue weighted by Crippen LogP contribution is 2.26. The first-order valence-corrected chi connectivity index (χ1v) is 8.65. The Morgan fingerprint density at radius 2 is 2.16 bits per heavy atom. The predicted octanol–water partition coefficient (Wildman–Crippen LogP) is 3.03. The van der Waals surface area contributed by atoms with Crippen molar-refractivity contribution in [2.45, 2.75) is 32.7 Å². The fraction of sp³-hybridized carbons (Fsp3) is 0.316. The van der Waals surface area contributed by atoms with E-state index < -0.39 is 0 Å². The molecule has 0 radical (unpaired) electrons. The molecule has 2 aromatic heterocycles. The van der Waals surface area contributed by atoms with Gasteiger partial charge in [0.2, 0.25) is 0 Å². The molecular formula is C19H21N5O. The van der Waals surface area contributed by atoms with Gasteiger partial charge in [0.25, 0.3) is 5.91 Å². The minimum Gasteiger partial charge on any atom is -0.367 e. The largest absolute Gasteiger partial charge is 0.367 e. The SMILES string of the molecule is CCNc1nccn2c(-c3ccc(C(=O)NC4CC4)c(C)c3)cnc12. The van der Waals surface area contributed by atoms with Gasteiger partial charge in [0.15, 0.2) is 11.5 Å². The minimum atomic E-state index is 0.0170. The van der Waals surface area contributed by atoms with Gasteiger partial charge >= 0.3 is 0 Å². The van der Waals surface area contributed by atoms with Crippen LogP contribution in [0.3, 0.4) is 0 Å². The van der Waals surface area contributed by atoms with E-state index >= 15 is 0 Å². The van der Waals surface area contributed by atoms with Gasteiger partial charge in [-0.1, -0.05) is 6.07 Å². The first-order chi connectivity index (χ1) is 12.2. The van der Waals surface area contributed by atoms with E-state index in [0.29, 0.717) is 6.04 Å². The maximum absolute atomic E-state index is 12.3. The van der Waals surface area contributed by atoms with Crippen LogP contribution in [-0.2, 0) is 0 Å².